The van der Waals surface area contributed by atoms with E-state index in [1.165, 1.54) is 18.2 Å². The van der Waals surface area contributed by atoms with Crippen LogP contribution in [0.5, 0.6) is 5.75 Å². The number of hydrogen-bond acceptors (Lipinski definition) is 2. The van der Waals surface area contributed by atoms with E-state index in [0.29, 0.717) is 22.9 Å². The number of benzene rings is 1. The van der Waals surface area contributed by atoms with Crippen LogP contribution in [0.25, 0.3) is 10.9 Å². The topological polar surface area (TPSA) is 53.1 Å². The summed E-state index contributed by atoms with van der Waals surface area (Å²) in [6.45, 7) is 1.81. The number of aromatic amines is 1. The van der Waals surface area contributed by atoms with Crippen LogP contribution in [0.3, 0.4) is 0 Å². The van der Waals surface area contributed by atoms with E-state index < -0.39 is 5.56 Å². The maximum Gasteiger partial charge on any atom is 0.290 e. The summed E-state index contributed by atoms with van der Waals surface area (Å²) in [6.07, 6.45) is 0.490. The molecule has 0 bridgehead atoms. The van der Waals surface area contributed by atoms with Gasteiger partial charge in [0.1, 0.15) is 5.82 Å². The Labute approximate surface area is 85.2 Å². The Morgan fingerprint density at radius 1 is 1.47 bits per heavy atom. The molecule has 0 amide bonds. The molecule has 1 aromatic carbocycles. The van der Waals surface area contributed by atoms with Crippen LogP contribution in [0, 0.1) is 5.82 Å². The second kappa shape index (κ2) is 3.38. The highest BCUT2D eigenvalue weighted by molar-refractivity contribution is 5.82. The lowest BCUT2D eigenvalue weighted by Crippen LogP contribution is -2.06. The molecule has 2 rings (SSSR count). The van der Waals surface area contributed by atoms with E-state index in [1.54, 1.807) is 0 Å². The maximum absolute atomic E-state index is 13.4. The number of aryl methyl sites for hydroxylation is 1. The van der Waals surface area contributed by atoms with Crippen molar-refractivity contribution in [3.63, 3.8) is 0 Å². The van der Waals surface area contributed by atoms with Crippen LogP contribution in [0.15, 0.2) is 23.0 Å². The van der Waals surface area contributed by atoms with Crippen LogP contribution in [0.4, 0.5) is 4.39 Å². The van der Waals surface area contributed by atoms with Gasteiger partial charge in [-0.25, -0.2) is 4.39 Å². The van der Waals surface area contributed by atoms with Crippen molar-refractivity contribution in [2.45, 2.75) is 13.3 Å². The number of pyridine rings is 1. The molecule has 1 aromatic heterocycles. The van der Waals surface area contributed by atoms with Gasteiger partial charge in [-0.3, -0.25) is 4.79 Å². The van der Waals surface area contributed by atoms with E-state index in [9.17, 15) is 14.3 Å². The maximum atomic E-state index is 13.4. The highest BCUT2D eigenvalue weighted by atomic mass is 19.1. The van der Waals surface area contributed by atoms with E-state index >= 15 is 0 Å². The number of nitrogens with one attached hydrogen (secondary N) is 1. The third kappa shape index (κ3) is 1.48. The quantitative estimate of drug-likeness (QED) is 0.750. The van der Waals surface area contributed by atoms with Gasteiger partial charge in [0.15, 0.2) is 5.75 Å². The minimum Gasteiger partial charge on any atom is -0.503 e. The molecule has 0 fully saturated rings. The third-order valence-corrected chi connectivity index (χ3v) is 2.40. The Morgan fingerprint density at radius 2 is 2.20 bits per heavy atom. The lowest BCUT2D eigenvalue weighted by molar-refractivity contribution is 0.468. The number of aromatic hydroxyl groups is 1. The van der Waals surface area contributed by atoms with Gasteiger partial charge in [0.25, 0.3) is 5.56 Å². The summed E-state index contributed by atoms with van der Waals surface area (Å²) in [5.74, 6) is -0.692. The average molecular weight is 207 g/mol. The molecule has 0 aliphatic heterocycles. The number of fused-ring (bicyclic) bond motifs is 1. The van der Waals surface area contributed by atoms with E-state index in [-0.39, 0.29) is 11.6 Å². The second-order valence-electron chi connectivity index (χ2n) is 3.33. The molecule has 78 valence electrons. The molecular weight excluding hydrogens is 197 g/mol. The van der Waals surface area contributed by atoms with Crippen LogP contribution in [0.2, 0.25) is 0 Å². The van der Waals surface area contributed by atoms with Gasteiger partial charge >= 0.3 is 0 Å². The van der Waals surface area contributed by atoms with Gasteiger partial charge in [-0.2, -0.15) is 0 Å². The minimum atomic E-state index is -0.595. The monoisotopic (exact) mass is 207 g/mol. The van der Waals surface area contributed by atoms with E-state index in [0.717, 1.165) is 0 Å². The number of hydrogen-bond donors (Lipinski definition) is 2. The first-order chi connectivity index (χ1) is 7.13. The average Bonchev–Trinajstić information content (AvgIpc) is 2.21. The fraction of sp³-hybridized carbons (Fsp3) is 0.182. The van der Waals surface area contributed by atoms with Crippen molar-refractivity contribution in [2.24, 2.45) is 0 Å². The molecule has 0 radical (unpaired) electrons. The lowest BCUT2D eigenvalue weighted by atomic mass is 10.1. The molecule has 4 heteroatoms. The highest BCUT2D eigenvalue weighted by Gasteiger charge is 2.08. The SMILES string of the molecule is CCc1c(F)ccc2cc(O)c(=O)[nH]c12. The first-order valence-electron chi connectivity index (χ1n) is 4.67. The van der Waals surface area contributed by atoms with Crippen LogP contribution < -0.4 is 5.56 Å². The van der Waals surface area contributed by atoms with Gasteiger partial charge in [0, 0.05) is 10.9 Å². The summed E-state index contributed by atoms with van der Waals surface area (Å²) in [4.78, 5) is 13.7. The summed E-state index contributed by atoms with van der Waals surface area (Å²) in [5, 5.41) is 9.84. The van der Waals surface area contributed by atoms with Crippen LogP contribution >= 0.6 is 0 Å². The molecule has 2 aromatic rings. The molecule has 0 unspecified atom stereocenters. The molecule has 0 saturated heterocycles. The van der Waals surface area contributed by atoms with E-state index in [1.807, 2.05) is 6.92 Å². The van der Waals surface area contributed by atoms with Crippen LogP contribution in [0.1, 0.15) is 12.5 Å². The van der Waals surface area contributed by atoms with Crippen molar-refractivity contribution in [3.8, 4) is 5.75 Å². The van der Waals surface area contributed by atoms with Gasteiger partial charge in [0.05, 0.1) is 5.52 Å². The first kappa shape index (κ1) is 9.71. The second-order valence-corrected chi connectivity index (χ2v) is 3.33. The number of H-pyrrole nitrogens is 1. The van der Waals surface area contributed by atoms with Gasteiger partial charge in [-0.1, -0.05) is 6.92 Å². The lowest BCUT2D eigenvalue weighted by Gasteiger charge is -2.05. The number of rotatable bonds is 1. The zero-order valence-corrected chi connectivity index (χ0v) is 8.17. The molecular formula is C11H10FNO2. The van der Waals surface area contributed by atoms with Crippen molar-refractivity contribution in [3.05, 3.63) is 39.9 Å². The zero-order chi connectivity index (χ0) is 11.0. The van der Waals surface area contributed by atoms with Gasteiger partial charge in [-0.05, 0) is 24.6 Å². The summed E-state index contributed by atoms with van der Waals surface area (Å²) < 4.78 is 13.4. The van der Waals surface area contributed by atoms with Gasteiger partial charge < -0.3 is 10.1 Å². The molecule has 0 aliphatic rings. The van der Waals surface area contributed by atoms with Gasteiger partial charge in [-0.15, -0.1) is 0 Å². The third-order valence-electron chi connectivity index (χ3n) is 2.40. The standard InChI is InChI=1S/C11H10FNO2/c1-2-7-8(12)4-3-6-5-9(14)11(15)13-10(6)7/h3-5,14H,2H2,1H3,(H,13,15). The van der Waals surface area contributed by atoms with Gasteiger partial charge in [0.2, 0.25) is 0 Å². The summed E-state index contributed by atoms with van der Waals surface area (Å²) in [6, 6.07) is 4.20. The van der Waals surface area contributed by atoms with Crippen molar-refractivity contribution in [1.82, 2.24) is 4.98 Å². The normalized spacial score (nSPS) is 10.8. The predicted octanol–water partition coefficient (Wildman–Crippen LogP) is 1.94. The number of halogens is 1. The predicted molar refractivity (Wildman–Crippen MR) is 55.6 cm³/mol. The van der Waals surface area contributed by atoms with Crippen molar-refractivity contribution in [1.29, 1.82) is 0 Å². The van der Waals surface area contributed by atoms with Crippen LogP contribution in [-0.4, -0.2) is 10.1 Å². The fourth-order valence-corrected chi connectivity index (χ4v) is 1.64. The largest absolute Gasteiger partial charge is 0.503 e. The molecule has 3 nitrogen and oxygen atoms in total. The summed E-state index contributed by atoms with van der Waals surface area (Å²) >= 11 is 0. The molecule has 15 heavy (non-hydrogen) atoms. The van der Waals surface area contributed by atoms with Crippen molar-refractivity contribution < 1.29 is 9.50 Å². The molecule has 0 aliphatic carbocycles. The summed E-state index contributed by atoms with van der Waals surface area (Å²) in [7, 11) is 0. The van der Waals surface area contributed by atoms with Crippen LogP contribution in [-0.2, 0) is 6.42 Å². The molecule has 0 saturated carbocycles. The first-order valence-corrected chi connectivity index (χ1v) is 4.67. The molecule has 2 N–H and O–H groups in total. The van der Waals surface area contributed by atoms with E-state index in [4.69, 9.17) is 0 Å². The molecule has 0 spiro atoms. The highest BCUT2D eigenvalue weighted by Crippen LogP contribution is 2.21. The Kier molecular flexibility index (Phi) is 2.19. The molecule has 1 heterocycles. The van der Waals surface area contributed by atoms with E-state index in [2.05, 4.69) is 4.98 Å². The zero-order valence-electron chi connectivity index (χ0n) is 8.17. The summed E-state index contributed by atoms with van der Waals surface area (Å²) in [5.41, 5.74) is 0.327. The Bertz CT molecular complexity index is 575. The Morgan fingerprint density at radius 3 is 2.87 bits per heavy atom. The van der Waals surface area contributed by atoms with Crippen molar-refractivity contribution >= 4 is 10.9 Å². The Hall–Kier alpha value is -1.84. The minimum absolute atomic E-state index is 0.341. The fourth-order valence-electron chi connectivity index (χ4n) is 1.64. The molecule has 0 atom stereocenters. The van der Waals surface area contributed by atoms with Crippen molar-refractivity contribution in [2.75, 3.05) is 0 Å². The smallest absolute Gasteiger partial charge is 0.290 e. The Balaban J connectivity index is 2.92. The number of aromatic nitrogens is 1.